The number of rotatable bonds is 10. The van der Waals surface area contributed by atoms with Gasteiger partial charge in [0.1, 0.15) is 18.0 Å². The first-order chi connectivity index (χ1) is 16.4. The van der Waals surface area contributed by atoms with Crippen LogP contribution in [-0.2, 0) is 23.4 Å². The zero-order valence-electron chi connectivity index (χ0n) is 19.8. The molecule has 2 aromatic rings. The number of esters is 1. The Morgan fingerprint density at radius 3 is 2.66 bits per heavy atom. The third-order valence-electron chi connectivity index (χ3n) is 5.04. The molecule has 192 valence electrons. The number of para-hydroxylation sites is 1. The van der Waals surface area contributed by atoms with Crippen molar-refractivity contribution < 1.29 is 41.9 Å². The van der Waals surface area contributed by atoms with E-state index in [1.807, 2.05) is 0 Å². The molecule has 5 atom stereocenters. The van der Waals surface area contributed by atoms with Crippen LogP contribution >= 0.6 is 7.75 Å². The second-order valence-corrected chi connectivity index (χ2v) is 10.4. The van der Waals surface area contributed by atoms with Crippen molar-refractivity contribution in [2.75, 3.05) is 6.61 Å². The van der Waals surface area contributed by atoms with E-state index in [0.29, 0.717) is 0 Å². The lowest BCUT2D eigenvalue weighted by Gasteiger charge is -2.24. The summed E-state index contributed by atoms with van der Waals surface area (Å²) in [7, 11) is -4.15. The van der Waals surface area contributed by atoms with Crippen molar-refractivity contribution in [1.82, 2.24) is 10.1 Å². The van der Waals surface area contributed by atoms with Crippen molar-refractivity contribution >= 4 is 13.7 Å². The van der Waals surface area contributed by atoms with E-state index in [-0.39, 0.29) is 24.9 Å². The van der Waals surface area contributed by atoms with Gasteiger partial charge in [0.25, 0.3) is 0 Å². The van der Waals surface area contributed by atoms with Crippen LogP contribution in [0.1, 0.15) is 40.3 Å². The molecule has 0 saturated carbocycles. The smallest absolute Gasteiger partial charge is 0.459 e. The predicted molar refractivity (Wildman–Crippen MR) is 121 cm³/mol. The van der Waals surface area contributed by atoms with E-state index in [4.69, 9.17) is 18.5 Å². The number of aromatic nitrogens is 2. The SMILES string of the molecule is CC(C)OC(=O)[C@H](C)N[P@@](=O)(OC[C@@H]1C[C@@](C)(F)[C@H]([n+]2ccc(=O)[nH]c2O)O1)Oc1ccccc1. The molecule has 0 unspecified atom stereocenters. The van der Waals surface area contributed by atoms with E-state index >= 15 is 4.39 Å². The average Bonchev–Trinajstić information content (AvgIpc) is 3.06. The van der Waals surface area contributed by atoms with Gasteiger partial charge in [-0.2, -0.15) is 14.6 Å². The molecule has 35 heavy (non-hydrogen) atoms. The number of hydrogen-bond acceptors (Lipinski definition) is 8. The van der Waals surface area contributed by atoms with Crippen molar-refractivity contribution in [2.45, 2.75) is 64.3 Å². The maximum atomic E-state index is 15.3. The van der Waals surface area contributed by atoms with Gasteiger partial charge in [-0.3, -0.25) is 9.32 Å². The van der Waals surface area contributed by atoms with Gasteiger partial charge in [-0.1, -0.05) is 18.2 Å². The number of benzene rings is 1. The molecular formula is C22H30FN3O8P+. The van der Waals surface area contributed by atoms with Crippen LogP contribution in [0.4, 0.5) is 4.39 Å². The molecule has 3 rings (SSSR count). The molecule has 1 aromatic heterocycles. The standard InChI is InChI=1S/C22H29FN3O8P/c1-14(2)32-19(28)15(3)25-35(30,34-16-8-6-5-7-9-16)31-13-17-12-22(4,23)20(33-17)26-11-10-18(27)24-21(26)29/h5-11,14-15,17,20H,12-13H2,1-4H3,(H2,24,25,27,29,30)/p+1/t15-,17-,20+,22+,35+/m0/s1. The molecule has 1 fully saturated rings. The molecule has 0 spiro atoms. The van der Waals surface area contributed by atoms with Crippen molar-refractivity contribution in [1.29, 1.82) is 0 Å². The van der Waals surface area contributed by atoms with E-state index in [9.17, 15) is 19.3 Å². The summed E-state index contributed by atoms with van der Waals surface area (Å²) in [6, 6.07) is 7.71. The molecule has 13 heteroatoms. The van der Waals surface area contributed by atoms with Crippen LogP contribution in [-0.4, -0.2) is 46.6 Å². The Morgan fingerprint density at radius 1 is 1.34 bits per heavy atom. The van der Waals surface area contributed by atoms with Gasteiger partial charge < -0.3 is 19.1 Å². The lowest BCUT2D eigenvalue weighted by atomic mass is 10.0. The van der Waals surface area contributed by atoms with Gasteiger partial charge in [0.2, 0.25) is 6.23 Å². The number of carbonyl (C=O) groups is 1. The Kier molecular flexibility index (Phi) is 8.32. The van der Waals surface area contributed by atoms with Crippen molar-refractivity contribution in [2.24, 2.45) is 0 Å². The Hall–Kier alpha value is -2.79. The minimum atomic E-state index is -4.15. The molecule has 0 radical (unpaired) electrons. The van der Waals surface area contributed by atoms with Gasteiger partial charge >= 0.3 is 25.3 Å². The fourth-order valence-electron chi connectivity index (χ4n) is 3.51. The molecule has 1 aliphatic heterocycles. The third kappa shape index (κ3) is 7.11. The summed E-state index contributed by atoms with van der Waals surface area (Å²) in [4.78, 5) is 25.8. The summed E-state index contributed by atoms with van der Waals surface area (Å²) in [6.45, 7) is 5.73. The maximum Gasteiger partial charge on any atom is 0.459 e. The Balaban J connectivity index is 1.74. The van der Waals surface area contributed by atoms with E-state index in [1.165, 1.54) is 20.0 Å². The summed E-state index contributed by atoms with van der Waals surface area (Å²) >= 11 is 0. The van der Waals surface area contributed by atoms with E-state index in [1.54, 1.807) is 44.2 Å². The Morgan fingerprint density at radius 2 is 2.03 bits per heavy atom. The Labute approximate surface area is 201 Å². The van der Waals surface area contributed by atoms with Crippen LogP contribution in [0.3, 0.4) is 0 Å². The normalized spacial score (nSPS) is 24.6. The van der Waals surface area contributed by atoms with Crippen LogP contribution in [0.2, 0.25) is 0 Å². The summed E-state index contributed by atoms with van der Waals surface area (Å²) in [5.41, 5.74) is -2.52. The van der Waals surface area contributed by atoms with Crippen LogP contribution in [0.25, 0.3) is 0 Å². The lowest BCUT2D eigenvalue weighted by molar-refractivity contribution is -0.776. The van der Waals surface area contributed by atoms with Crippen molar-refractivity contribution in [3.8, 4) is 11.8 Å². The maximum absolute atomic E-state index is 15.3. The Bertz CT molecular complexity index is 1130. The van der Waals surface area contributed by atoms with Crippen LogP contribution in [0.15, 0.2) is 47.4 Å². The molecule has 11 nitrogen and oxygen atoms in total. The summed E-state index contributed by atoms with van der Waals surface area (Å²) in [5.74, 6) is -0.430. The number of nitrogens with one attached hydrogen (secondary N) is 2. The number of alkyl halides is 1. The number of carbonyl (C=O) groups excluding carboxylic acids is 1. The molecule has 1 aliphatic rings. The molecule has 0 amide bonds. The number of hydrogen-bond donors (Lipinski definition) is 3. The highest BCUT2D eigenvalue weighted by atomic mass is 31.2. The molecule has 0 aliphatic carbocycles. The van der Waals surface area contributed by atoms with Gasteiger partial charge in [-0.15, -0.1) is 0 Å². The zero-order valence-corrected chi connectivity index (χ0v) is 20.7. The number of ether oxygens (including phenoxy) is 2. The fraction of sp³-hybridized carbons (Fsp3) is 0.500. The first-order valence-electron chi connectivity index (χ1n) is 11.0. The van der Waals surface area contributed by atoms with Gasteiger partial charge in [-0.05, 0) is 39.8 Å². The van der Waals surface area contributed by atoms with Gasteiger partial charge in [-0.25, -0.2) is 13.8 Å². The quantitative estimate of drug-likeness (QED) is 0.248. The first-order valence-corrected chi connectivity index (χ1v) is 12.6. The highest BCUT2D eigenvalue weighted by Gasteiger charge is 2.51. The first kappa shape index (κ1) is 26.8. The average molecular weight is 514 g/mol. The molecule has 1 aromatic carbocycles. The van der Waals surface area contributed by atoms with E-state index in [2.05, 4.69) is 10.1 Å². The molecular weight excluding hydrogens is 484 g/mol. The predicted octanol–water partition coefficient (Wildman–Crippen LogP) is 2.52. The van der Waals surface area contributed by atoms with Gasteiger partial charge in [0.15, 0.2) is 5.67 Å². The topological polar surface area (TPSA) is 140 Å². The fourth-order valence-corrected chi connectivity index (χ4v) is 5.03. The highest BCUT2D eigenvalue weighted by Crippen LogP contribution is 2.47. The van der Waals surface area contributed by atoms with Crippen LogP contribution in [0, 0.1) is 0 Å². The van der Waals surface area contributed by atoms with Gasteiger partial charge in [0, 0.05) is 6.42 Å². The largest absolute Gasteiger partial charge is 0.462 e. The second-order valence-electron chi connectivity index (χ2n) is 8.66. The second kappa shape index (κ2) is 10.9. The number of nitrogens with zero attached hydrogens (tertiary/aromatic N) is 1. The summed E-state index contributed by atoms with van der Waals surface area (Å²) in [5, 5.41) is 12.6. The summed E-state index contributed by atoms with van der Waals surface area (Å²) in [6.07, 6.45) is -1.52. The number of aromatic hydroxyl groups is 1. The number of H-pyrrole nitrogens is 1. The lowest BCUT2D eigenvalue weighted by Crippen LogP contribution is -2.49. The minimum absolute atomic E-state index is 0.167. The number of aromatic amines is 1. The monoisotopic (exact) mass is 514 g/mol. The minimum Gasteiger partial charge on any atom is -0.462 e. The van der Waals surface area contributed by atoms with E-state index in [0.717, 1.165) is 10.6 Å². The van der Waals surface area contributed by atoms with Crippen molar-refractivity contribution in [3.63, 3.8) is 0 Å². The van der Waals surface area contributed by atoms with Crippen LogP contribution in [0.5, 0.6) is 11.8 Å². The molecule has 1 saturated heterocycles. The molecule has 2 heterocycles. The zero-order chi connectivity index (χ0) is 25.8. The molecule has 0 bridgehead atoms. The summed E-state index contributed by atoms with van der Waals surface area (Å²) < 4.78 is 51.9. The van der Waals surface area contributed by atoms with Crippen molar-refractivity contribution in [3.05, 3.63) is 52.9 Å². The van der Waals surface area contributed by atoms with E-state index < -0.39 is 49.3 Å². The highest BCUT2D eigenvalue weighted by molar-refractivity contribution is 7.52. The third-order valence-corrected chi connectivity index (χ3v) is 6.68. The molecule has 3 N–H and O–H groups in total. The van der Waals surface area contributed by atoms with Crippen LogP contribution < -0.4 is 19.7 Å². The number of halogens is 1. The van der Waals surface area contributed by atoms with Gasteiger partial charge in [0.05, 0.1) is 24.9 Å².